The standard InChI is InChI=1S/C14H25FN3P/c1-5-17(6-2)19(15,18(7-3)8-4)16-14-12-10-9-11-13-14/h9-13H,5-8H2,1-4H3. The van der Waals surface area contributed by atoms with Crippen LogP contribution in [0.2, 0.25) is 0 Å². The molecule has 0 fully saturated rings. The van der Waals surface area contributed by atoms with Crippen LogP contribution >= 0.6 is 7.67 Å². The third-order valence-electron chi connectivity index (χ3n) is 3.18. The summed E-state index contributed by atoms with van der Waals surface area (Å²) in [6.07, 6.45) is 0. The summed E-state index contributed by atoms with van der Waals surface area (Å²) >= 11 is 0. The van der Waals surface area contributed by atoms with Gasteiger partial charge in [-0.3, -0.25) is 0 Å². The Morgan fingerprint density at radius 1 is 0.895 bits per heavy atom. The maximum atomic E-state index is 15.6. The molecule has 0 aliphatic rings. The Balaban J connectivity index is 3.29. The molecule has 0 aromatic heterocycles. The number of nitrogens with zero attached hydrogens (tertiary/aromatic N) is 3. The van der Waals surface area contributed by atoms with E-state index in [9.17, 15) is 0 Å². The molecule has 5 heteroatoms. The first-order valence-corrected chi connectivity index (χ1v) is 8.53. The van der Waals surface area contributed by atoms with E-state index >= 15 is 4.20 Å². The molecular weight excluding hydrogens is 260 g/mol. The molecule has 0 unspecified atom stereocenters. The van der Waals surface area contributed by atoms with Crippen LogP contribution in [0.4, 0.5) is 9.88 Å². The van der Waals surface area contributed by atoms with E-state index in [0.29, 0.717) is 26.2 Å². The molecule has 0 bridgehead atoms. The van der Waals surface area contributed by atoms with Crippen molar-refractivity contribution in [3.05, 3.63) is 30.3 Å². The van der Waals surface area contributed by atoms with E-state index in [4.69, 9.17) is 0 Å². The fourth-order valence-electron chi connectivity index (χ4n) is 2.11. The molecule has 0 amide bonds. The van der Waals surface area contributed by atoms with Gasteiger partial charge in [0, 0.05) is 26.2 Å². The minimum absolute atomic E-state index is 0.674. The first-order chi connectivity index (χ1) is 9.12. The first kappa shape index (κ1) is 16.4. The summed E-state index contributed by atoms with van der Waals surface area (Å²) < 4.78 is 23.8. The SMILES string of the molecule is CCN(CC)P(F)(=Nc1ccccc1)N(CC)CC. The van der Waals surface area contributed by atoms with Crippen LogP contribution in [0.3, 0.4) is 0 Å². The highest BCUT2D eigenvalue weighted by Crippen LogP contribution is 2.59. The van der Waals surface area contributed by atoms with Crippen LogP contribution in [-0.4, -0.2) is 35.5 Å². The maximum absolute atomic E-state index is 15.6. The van der Waals surface area contributed by atoms with Crippen molar-refractivity contribution >= 4 is 13.4 Å². The average Bonchev–Trinajstić information content (AvgIpc) is 2.42. The lowest BCUT2D eigenvalue weighted by molar-refractivity contribution is 0.380. The third kappa shape index (κ3) is 3.88. The van der Waals surface area contributed by atoms with E-state index in [1.165, 1.54) is 0 Å². The first-order valence-electron chi connectivity index (χ1n) is 7.00. The Morgan fingerprint density at radius 3 is 1.68 bits per heavy atom. The van der Waals surface area contributed by atoms with Gasteiger partial charge in [0.1, 0.15) is 0 Å². The van der Waals surface area contributed by atoms with Gasteiger partial charge < -0.3 is 0 Å². The van der Waals surface area contributed by atoms with Gasteiger partial charge in [-0.15, -0.1) is 0 Å². The Kier molecular flexibility index (Phi) is 6.70. The molecule has 0 atom stereocenters. The van der Waals surface area contributed by atoms with Gasteiger partial charge in [0.25, 0.3) is 7.67 Å². The zero-order valence-electron chi connectivity index (χ0n) is 12.4. The molecule has 0 saturated carbocycles. The molecule has 108 valence electrons. The lowest BCUT2D eigenvalue weighted by Crippen LogP contribution is -2.29. The lowest BCUT2D eigenvalue weighted by atomic mass is 10.3. The highest BCUT2D eigenvalue weighted by molar-refractivity contribution is 7.56. The summed E-state index contributed by atoms with van der Waals surface area (Å²) in [6.45, 7) is 10.6. The van der Waals surface area contributed by atoms with Crippen LogP contribution in [0.1, 0.15) is 27.7 Å². The van der Waals surface area contributed by atoms with Crippen LogP contribution in [-0.2, 0) is 0 Å². The number of hydrogen-bond donors (Lipinski definition) is 0. The molecular formula is C14H25FN3P. The summed E-state index contributed by atoms with van der Waals surface area (Å²) in [5, 5.41) is 0. The summed E-state index contributed by atoms with van der Waals surface area (Å²) in [6, 6.07) is 9.44. The van der Waals surface area contributed by atoms with Crippen molar-refractivity contribution in [3.8, 4) is 0 Å². The Labute approximate surface area is 116 Å². The monoisotopic (exact) mass is 285 g/mol. The third-order valence-corrected chi connectivity index (χ3v) is 6.24. The average molecular weight is 285 g/mol. The molecule has 0 aliphatic heterocycles. The molecule has 1 aromatic carbocycles. The van der Waals surface area contributed by atoms with Crippen molar-refractivity contribution in [3.63, 3.8) is 0 Å². The minimum atomic E-state index is -3.12. The molecule has 0 N–H and O–H groups in total. The molecule has 3 nitrogen and oxygen atoms in total. The van der Waals surface area contributed by atoms with E-state index in [0.717, 1.165) is 5.69 Å². The number of rotatable bonds is 7. The van der Waals surface area contributed by atoms with Crippen LogP contribution in [0.25, 0.3) is 0 Å². The van der Waals surface area contributed by atoms with Crippen molar-refractivity contribution in [1.29, 1.82) is 0 Å². The summed E-state index contributed by atoms with van der Waals surface area (Å²) in [5.74, 6) is 0. The van der Waals surface area contributed by atoms with Crippen molar-refractivity contribution in [2.45, 2.75) is 27.7 Å². The van der Waals surface area contributed by atoms with E-state index in [1.807, 2.05) is 67.4 Å². The Bertz CT molecular complexity index is 398. The second kappa shape index (κ2) is 7.78. The van der Waals surface area contributed by atoms with E-state index in [-0.39, 0.29) is 0 Å². The quantitative estimate of drug-likeness (QED) is 0.662. The summed E-state index contributed by atoms with van der Waals surface area (Å²) in [4.78, 5) is 0. The molecule has 1 aromatic rings. The largest absolute Gasteiger partial charge is 0.273 e. The zero-order valence-corrected chi connectivity index (χ0v) is 13.3. The van der Waals surface area contributed by atoms with Crippen molar-refractivity contribution < 1.29 is 4.20 Å². The van der Waals surface area contributed by atoms with Crippen LogP contribution in [0, 0.1) is 0 Å². The highest BCUT2D eigenvalue weighted by atomic mass is 31.2. The van der Waals surface area contributed by atoms with Gasteiger partial charge in [-0.2, -0.15) is 4.20 Å². The molecule has 0 saturated heterocycles. The second-order valence-electron chi connectivity index (χ2n) is 4.21. The van der Waals surface area contributed by atoms with Crippen LogP contribution in [0.5, 0.6) is 0 Å². The Morgan fingerprint density at radius 2 is 1.32 bits per heavy atom. The van der Waals surface area contributed by atoms with Crippen molar-refractivity contribution in [1.82, 2.24) is 9.34 Å². The van der Waals surface area contributed by atoms with Gasteiger partial charge in [-0.25, -0.2) is 14.1 Å². The molecule has 19 heavy (non-hydrogen) atoms. The number of halogens is 1. The zero-order chi connectivity index (χ0) is 14.3. The van der Waals surface area contributed by atoms with Gasteiger partial charge in [-0.1, -0.05) is 45.9 Å². The van der Waals surface area contributed by atoms with Crippen LogP contribution in [0.15, 0.2) is 35.1 Å². The normalized spacial score (nSPS) is 12.2. The molecule has 0 radical (unpaired) electrons. The van der Waals surface area contributed by atoms with Crippen LogP contribution < -0.4 is 0 Å². The van der Waals surface area contributed by atoms with Gasteiger partial charge in [0.2, 0.25) is 0 Å². The maximum Gasteiger partial charge on any atom is 0.273 e. The highest BCUT2D eigenvalue weighted by Gasteiger charge is 2.31. The van der Waals surface area contributed by atoms with Gasteiger partial charge >= 0.3 is 0 Å². The summed E-state index contributed by atoms with van der Waals surface area (Å²) in [5.41, 5.74) is 0.720. The molecule has 0 heterocycles. The number of hydrogen-bond acceptors (Lipinski definition) is 1. The van der Waals surface area contributed by atoms with Gasteiger partial charge in [0.05, 0.1) is 5.69 Å². The lowest BCUT2D eigenvalue weighted by Gasteiger charge is -2.35. The predicted octanol–water partition coefficient (Wildman–Crippen LogP) is 4.92. The second-order valence-corrected chi connectivity index (χ2v) is 6.53. The van der Waals surface area contributed by atoms with Gasteiger partial charge in [0.15, 0.2) is 0 Å². The molecule has 1 rings (SSSR count). The Hall–Kier alpha value is -0.700. The van der Waals surface area contributed by atoms with Crippen molar-refractivity contribution in [2.24, 2.45) is 4.74 Å². The van der Waals surface area contributed by atoms with Crippen molar-refractivity contribution in [2.75, 3.05) is 26.2 Å². The van der Waals surface area contributed by atoms with E-state index in [2.05, 4.69) is 4.74 Å². The topological polar surface area (TPSA) is 18.8 Å². The fraction of sp³-hybridized carbons (Fsp3) is 0.571. The van der Waals surface area contributed by atoms with Gasteiger partial charge in [-0.05, 0) is 12.1 Å². The summed E-state index contributed by atoms with van der Waals surface area (Å²) in [7, 11) is -3.12. The van der Waals surface area contributed by atoms with E-state index < -0.39 is 7.67 Å². The smallest absolute Gasteiger partial charge is 0.233 e. The predicted molar refractivity (Wildman–Crippen MR) is 82.4 cm³/mol. The minimum Gasteiger partial charge on any atom is -0.233 e. The fourth-order valence-corrected chi connectivity index (χ4v) is 4.59. The number of benzene rings is 1. The van der Waals surface area contributed by atoms with E-state index in [1.54, 1.807) is 0 Å². The molecule has 0 spiro atoms. The molecule has 0 aliphatic carbocycles.